The van der Waals surface area contributed by atoms with Crippen LogP contribution < -0.4 is 5.32 Å². The highest BCUT2D eigenvalue weighted by molar-refractivity contribution is 8.26. The van der Waals surface area contributed by atoms with Crippen molar-refractivity contribution in [1.29, 1.82) is 0 Å². The number of thiocarbonyl (C=S) groups is 1. The lowest BCUT2D eigenvalue weighted by atomic mass is 10.2. The van der Waals surface area contributed by atoms with Crippen LogP contribution in [0.4, 0.5) is 5.69 Å². The van der Waals surface area contributed by atoms with E-state index in [9.17, 15) is 9.59 Å². The standard InChI is InChI=1S/C20H18N2O2S2/c1-14-7-9-16(10-8-14)21-18(23)11-12-22-19(24)17(26-20(22)25)13-15-5-3-2-4-6-15/h2-10,13H,11-12H2,1H3,(H,21,23). The van der Waals surface area contributed by atoms with Crippen molar-refractivity contribution in [2.24, 2.45) is 0 Å². The third-order valence-corrected chi connectivity index (χ3v) is 5.25. The molecule has 26 heavy (non-hydrogen) atoms. The zero-order chi connectivity index (χ0) is 18.5. The first-order valence-corrected chi connectivity index (χ1v) is 9.42. The lowest BCUT2D eigenvalue weighted by Crippen LogP contribution is -2.31. The van der Waals surface area contributed by atoms with E-state index in [0.717, 1.165) is 16.8 Å². The maximum atomic E-state index is 12.5. The SMILES string of the molecule is Cc1ccc(NC(=O)CCN2C(=O)C(=Cc3ccccc3)SC2=S)cc1. The Morgan fingerprint density at radius 1 is 1.15 bits per heavy atom. The normalized spacial score (nSPS) is 15.6. The van der Waals surface area contributed by atoms with Crippen molar-refractivity contribution in [2.45, 2.75) is 13.3 Å². The predicted molar refractivity (Wildman–Crippen MR) is 111 cm³/mol. The van der Waals surface area contributed by atoms with Crippen molar-refractivity contribution in [3.63, 3.8) is 0 Å². The van der Waals surface area contributed by atoms with Gasteiger partial charge in [0.25, 0.3) is 5.91 Å². The van der Waals surface area contributed by atoms with Gasteiger partial charge < -0.3 is 5.32 Å². The summed E-state index contributed by atoms with van der Waals surface area (Å²) in [5.74, 6) is -0.290. The molecule has 0 unspecified atom stereocenters. The lowest BCUT2D eigenvalue weighted by molar-refractivity contribution is -0.122. The quantitative estimate of drug-likeness (QED) is 0.621. The van der Waals surface area contributed by atoms with E-state index in [2.05, 4.69) is 5.32 Å². The summed E-state index contributed by atoms with van der Waals surface area (Å²) in [6.45, 7) is 2.26. The Bertz CT molecular complexity index is 861. The molecule has 2 aromatic rings. The molecule has 1 heterocycles. The Hall–Kier alpha value is -2.44. The first kappa shape index (κ1) is 18.4. The molecule has 1 saturated heterocycles. The second-order valence-electron chi connectivity index (χ2n) is 5.91. The summed E-state index contributed by atoms with van der Waals surface area (Å²) in [5.41, 5.74) is 2.82. The van der Waals surface area contributed by atoms with Crippen molar-refractivity contribution in [1.82, 2.24) is 4.90 Å². The van der Waals surface area contributed by atoms with Gasteiger partial charge in [-0.15, -0.1) is 0 Å². The van der Waals surface area contributed by atoms with Gasteiger partial charge in [0.05, 0.1) is 4.91 Å². The molecular weight excluding hydrogens is 364 g/mol. The van der Waals surface area contributed by atoms with Crippen LogP contribution >= 0.6 is 24.0 Å². The average Bonchev–Trinajstić information content (AvgIpc) is 2.89. The fourth-order valence-corrected chi connectivity index (χ4v) is 3.78. The van der Waals surface area contributed by atoms with E-state index in [4.69, 9.17) is 12.2 Å². The molecule has 2 amide bonds. The zero-order valence-electron chi connectivity index (χ0n) is 14.3. The first-order chi connectivity index (χ1) is 12.5. The molecule has 1 aliphatic heterocycles. The Labute approximate surface area is 162 Å². The minimum absolute atomic E-state index is 0.144. The molecule has 0 spiro atoms. The van der Waals surface area contributed by atoms with Gasteiger partial charge in [-0.3, -0.25) is 14.5 Å². The molecule has 4 nitrogen and oxygen atoms in total. The molecule has 0 atom stereocenters. The number of thioether (sulfide) groups is 1. The average molecular weight is 383 g/mol. The molecule has 2 aromatic carbocycles. The second-order valence-corrected chi connectivity index (χ2v) is 7.58. The fraction of sp³-hybridized carbons (Fsp3) is 0.150. The number of rotatable bonds is 5. The highest BCUT2D eigenvalue weighted by Gasteiger charge is 2.32. The number of carbonyl (C=O) groups excluding carboxylic acids is 2. The van der Waals surface area contributed by atoms with Crippen LogP contribution in [-0.4, -0.2) is 27.6 Å². The van der Waals surface area contributed by atoms with Crippen LogP contribution in [0.2, 0.25) is 0 Å². The van der Waals surface area contributed by atoms with E-state index in [-0.39, 0.29) is 24.8 Å². The number of benzene rings is 2. The number of nitrogens with zero attached hydrogens (tertiary/aromatic N) is 1. The van der Waals surface area contributed by atoms with E-state index in [1.807, 2.05) is 67.6 Å². The van der Waals surface area contributed by atoms with Gasteiger partial charge in [0.15, 0.2) is 0 Å². The molecule has 6 heteroatoms. The summed E-state index contributed by atoms with van der Waals surface area (Å²) in [4.78, 5) is 26.7. The fourth-order valence-electron chi connectivity index (χ4n) is 2.47. The maximum Gasteiger partial charge on any atom is 0.266 e. The smallest absolute Gasteiger partial charge is 0.266 e. The number of carbonyl (C=O) groups is 2. The predicted octanol–water partition coefficient (Wildman–Crippen LogP) is 4.23. The lowest BCUT2D eigenvalue weighted by Gasteiger charge is -2.14. The molecule has 132 valence electrons. The van der Waals surface area contributed by atoms with E-state index in [0.29, 0.717) is 9.23 Å². The molecule has 0 aromatic heterocycles. The van der Waals surface area contributed by atoms with Gasteiger partial charge in [0.1, 0.15) is 4.32 Å². The van der Waals surface area contributed by atoms with Crippen molar-refractivity contribution in [3.8, 4) is 0 Å². The van der Waals surface area contributed by atoms with Gasteiger partial charge in [0, 0.05) is 18.7 Å². The van der Waals surface area contributed by atoms with Gasteiger partial charge in [-0.1, -0.05) is 72.0 Å². The van der Waals surface area contributed by atoms with Crippen LogP contribution in [0.25, 0.3) is 6.08 Å². The highest BCUT2D eigenvalue weighted by Crippen LogP contribution is 2.32. The maximum absolute atomic E-state index is 12.5. The summed E-state index contributed by atoms with van der Waals surface area (Å²) < 4.78 is 0.486. The monoisotopic (exact) mass is 382 g/mol. The Morgan fingerprint density at radius 3 is 2.54 bits per heavy atom. The summed E-state index contributed by atoms with van der Waals surface area (Å²) >= 11 is 6.57. The third-order valence-electron chi connectivity index (χ3n) is 3.87. The van der Waals surface area contributed by atoms with Crippen LogP contribution in [0, 0.1) is 6.92 Å². The van der Waals surface area contributed by atoms with E-state index < -0.39 is 0 Å². The topological polar surface area (TPSA) is 49.4 Å². The minimum atomic E-state index is -0.146. The molecule has 0 radical (unpaired) electrons. The van der Waals surface area contributed by atoms with Crippen molar-refractivity contribution < 1.29 is 9.59 Å². The van der Waals surface area contributed by atoms with E-state index >= 15 is 0 Å². The second kappa shape index (κ2) is 8.29. The van der Waals surface area contributed by atoms with Crippen molar-refractivity contribution in [2.75, 3.05) is 11.9 Å². The van der Waals surface area contributed by atoms with Gasteiger partial charge in [-0.25, -0.2) is 0 Å². The Kier molecular flexibility index (Phi) is 5.85. The number of hydrogen-bond donors (Lipinski definition) is 1. The highest BCUT2D eigenvalue weighted by atomic mass is 32.2. The number of amides is 2. The summed E-state index contributed by atoms with van der Waals surface area (Å²) in [6.07, 6.45) is 2.02. The van der Waals surface area contributed by atoms with Crippen LogP contribution in [0.5, 0.6) is 0 Å². The van der Waals surface area contributed by atoms with E-state index in [1.165, 1.54) is 16.7 Å². The van der Waals surface area contributed by atoms with Gasteiger partial charge in [-0.2, -0.15) is 0 Å². The van der Waals surface area contributed by atoms with Gasteiger partial charge in [0.2, 0.25) is 5.91 Å². The van der Waals surface area contributed by atoms with Gasteiger partial charge >= 0.3 is 0 Å². The number of nitrogens with one attached hydrogen (secondary N) is 1. The van der Waals surface area contributed by atoms with Crippen LogP contribution in [-0.2, 0) is 9.59 Å². The van der Waals surface area contributed by atoms with Crippen molar-refractivity contribution >= 4 is 51.9 Å². The summed E-state index contributed by atoms with van der Waals surface area (Å²) in [5, 5.41) is 2.83. The molecule has 0 bridgehead atoms. The summed E-state index contributed by atoms with van der Waals surface area (Å²) in [6, 6.07) is 17.2. The molecule has 3 rings (SSSR count). The number of aryl methyl sites for hydroxylation is 1. The Morgan fingerprint density at radius 2 is 1.85 bits per heavy atom. The third kappa shape index (κ3) is 4.59. The first-order valence-electron chi connectivity index (χ1n) is 8.20. The molecule has 1 N–H and O–H groups in total. The number of anilines is 1. The molecular formula is C20H18N2O2S2. The van der Waals surface area contributed by atoms with E-state index in [1.54, 1.807) is 0 Å². The van der Waals surface area contributed by atoms with Crippen LogP contribution in [0.15, 0.2) is 59.5 Å². The number of hydrogen-bond acceptors (Lipinski definition) is 4. The Balaban J connectivity index is 1.58. The molecule has 1 aliphatic rings. The van der Waals surface area contributed by atoms with Crippen LogP contribution in [0.1, 0.15) is 17.5 Å². The van der Waals surface area contributed by atoms with Gasteiger partial charge in [-0.05, 0) is 30.7 Å². The minimum Gasteiger partial charge on any atom is -0.326 e. The molecule has 1 fully saturated rings. The van der Waals surface area contributed by atoms with Crippen LogP contribution in [0.3, 0.4) is 0 Å². The zero-order valence-corrected chi connectivity index (χ0v) is 15.9. The largest absolute Gasteiger partial charge is 0.326 e. The summed E-state index contributed by atoms with van der Waals surface area (Å²) in [7, 11) is 0. The van der Waals surface area contributed by atoms with Crippen molar-refractivity contribution in [3.05, 3.63) is 70.6 Å². The molecule has 0 aliphatic carbocycles. The molecule has 0 saturated carbocycles.